The van der Waals surface area contributed by atoms with Crippen LogP contribution >= 0.6 is 0 Å². The van der Waals surface area contributed by atoms with E-state index in [1.807, 2.05) is 26.8 Å². The van der Waals surface area contributed by atoms with Crippen LogP contribution in [0.15, 0.2) is 18.9 Å². The molecule has 0 amide bonds. The van der Waals surface area contributed by atoms with Crippen LogP contribution in [0.25, 0.3) is 5.57 Å². The van der Waals surface area contributed by atoms with Crippen molar-refractivity contribution in [2.75, 3.05) is 0 Å². The molecular weight excluding hydrogens is 238 g/mol. The van der Waals surface area contributed by atoms with E-state index in [-0.39, 0.29) is 12.3 Å². The van der Waals surface area contributed by atoms with Gasteiger partial charge in [-0.1, -0.05) is 12.7 Å². The van der Waals surface area contributed by atoms with Crippen LogP contribution < -0.4 is 0 Å². The maximum absolute atomic E-state index is 9.02. The fourth-order valence-corrected chi connectivity index (χ4v) is 1.38. The minimum absolute atomic E-state index is 0.248. The maximum atomic E-state index is 9.02. The second-order valence-electron chi connectivity index (χ2n) is 3.63. The average Bonchev–Trinajstić information content (AvgIpc) is 2.41. The first-order valence-electron chi connectivity index (χ1n) is 5.59. The van der Waals surface area contributed by atoms with Gasteiger partial charge in [-0.25, -0.2) is 9.97 Å². The molecule has 1 heterocycles. The third kappa shape index (κ3) is 4.65. The highest BCUT2D eigenvalue weighted by Crippen LogP contribution is 2.15. The molecule has 0 aliphatic heterocycles. The first kappa shape index (κ1) is 16.4. The molecule has 0 saturated heterocycles. The molecular formula is C15H17N3O. The lowest BCUT2D eigenvalue weighted by Gasteiger charge is -2.08. The van der Waals surface area contributed by atoms with E-state index in [0.29, 0.717) is 11.4 Å². The summed E-state index contributed by atoms with van der Waals surface area (Å²) >= 11 is 0. The van der Waals surface area contributed by atoms with Crippen LogP contribution in [0.1, 0.15) is 36.6 Å². The quantitative estimate of drug-likeness (QED) is 0.613. The van der Waals surface area contributed by atoms with Gasteiger partial charge in [0, 0.05) is 0 Å². The predicted octanol–water partition coefficient (Wildman–Crippen LogP) is 2.99. The molecule has 1 rings (SSSR count). The molecule has 98 valence electrons. The second-order valence-corrected chi connectivity index (χ2v) is 3.63. The van der Waals surface area contributed by atoms with E-state index >= 15 is 0 Å². The van der Waals surface area contributed by atoms with E-state index in [1.165, 1.54) is 0 Å². The van der Waals surface area contributed by atoms with Crippen molar-refractivity contribution in [2.24, 2.45) is 0 Å². The summed E-state index contributed by atoms with van der Waals surface area (Å²) in [7, 11) is 0. The molecule has 1 aromatic heterocycles. The number of nitriles is 1. The van der Waals surface area contributed by atoms with Crippen molar-refractivity contribution in [3.05, 3.63) is 41.7 Å². The van der Waals surface area contributed by atoms with Crippen LogP contribution in [0.3, 0.4) is 0 Å². The number of aryl methyl sites for hydroxylation is 1. The lowest BCUT2D eigenvalue weighted by molar-refractivity contribution is 0.231. The molecule has 0 aliphatic carbocycles. The summed E-state index contributed by atoms with van der Waals surface area (Å²) in [5.74, 6) is 0. The standard InChI is InChI=1S/C13H15N3O.C2H2/c1-5-6-17-8-12-11(7-14)16-13(9(2)3)10(4)15-12;1-2/h5-6H,2,8H2,1,3-4H3;1-2H/b6-5-;. The number of hydrogen-bond acceptors (Lipinski definition) is 4. The smallest absolute Gasteiger partial charge is 0.166 e. The fourth-order valence-electron chi connectivity index (χ4n) is 1.38. The van der Waals surface area contributed by atoms with Gasteiger partial charge in [0.2, 0.25) is 0 Å². The summed E-state index contributed by atoms with van der Waals surface area (Å²) in [5, 5.41) is 9.02. The molecule has 0 spiro atoms. The Hall–Kier alpha value is -2.59. The van der Waals surface area contributed by atoms with Crippen LogP contribution in [0.4, 0.5) is 0 Å². The van der Waals surface area contributed by atoms with Crippen molar-refractivity contribution < 1.29 is 4.74 Å². The number of ether oxygens (including phenoxy) is 1. The molecule has 0 atom stereocenters. The zero-order valence-electron chi connectivity index (χ0n) is 11.5. The molecule has 0 radical (unpaired) electrons. The Morgan fingerprint density at radius 2 is 2.11 bits per heavy atom. The number of hydrogen-bond donors (Lipinski definition) is 0. The first-order chi connectivity index (χ1) is 9.10. The molecule has 0 N–H and O–H groups in total. The van der Waals surface area contributed by atoms with Crippen LogP contribution in [0.5, 0.6) is 0 Å². The number of aromatic nitrogens is 2. The van der Waals surface area contributed by atoms with Gasteiger partial charge in [0.15, 0.2) is 5.69 Å². The molecule has 0 fully saturated rings. The topological polar surface area (TPSA) is 58.8 Å². The fraction of sp³-hybridized carbons (Fsp3) is 0.267. The number of nitrogens with zero attached hydrogens (tertiary/aromatic N) is 3. The van der Waals surface area contributed by atoms with Gasteiger partial charge in [-0.05, 0) is 26.3 Å². The van der Waals surface area contributed by atoms with Crippen LogP contribution in [0, 0.1) is 31.1 Å². The van der Waals surface area contributed by atoms with Gasteiger partial charge in [0.25, 0.3) is 0 Å². The Kier molecular flexibility index (Phi) is 7.34. The predicted molar refractivity (Wildman–Crippen MR) is 75.7 cm³/mol. The molecule has 0 aromatic carbocycles. The van der Waals surface area contributed by atoms with Crippen molar-refractivity contribution in [2.45, 2.75) is 27.4 Å². The largest absolute Gasteiger partial charge is 0.495 e. The van der Waals surface area contributed by atoms with Crippen molar-refractivity contribution in [1.82, 2.24) is 9.97 Å². The monoisotopic (exact) mass is 255 g/mol. The molecule has 0 bridgehead atoms. The van der Waals surface area contributed by atoms with Crippen molar-refractivity contribution in [3.8, 4) is 18.9 Å². The zero-order chi connectivity index (χ0) is 14.8. The van der Waals surface area contributed by atoms with E-state index < -0.39 is 0 Å². The highest BCUT2D eigenvalue weighted by molar-refractivity contribution is 5.60. The number of allylic oxidation sites excluding steroid dienone is 2. The van der Waals surface area contributed by atoms with Gasteiger partial charge >= 0.3 is 0 Å². The molecule has 0 aliphatic rings. The normalized spacial score (nSPS) is 9.26. The van der Waals surface area contributed by atoms with Crippen LogP contribution in [-0.4, -0.2) is 9.97 Å². The van der Waals surface area contributed by atoms with E-state index in [4.69, 9.17) is 10.00 Å². The van der Waals surface area contributed by atoms with E-state index in [9.17, 15) is 0 Å². The summed E-state index contributed by atoms with van der Waals surface area (Å²) in [6.45, 7) is 9.60. The van der Waals surface area contributed by atoms with Gasteiger partial charge in [-0.2, -0.15) is 5.26 Å². The summed E-state index contributed by atoms with van der Waals surface area (Å²) in [6.07, 6.45) is 11.3. The Bertz CT molecular complexity index is 536. The third-order valence-electron chi connectivity index (χ3n) is 2.10. The van der Waals surface area contributed by atoms with Crippen molar-refractivity contribution in [1.29, 1.82) is 5.26 Å². The highest BCUT2D eigenvalue weighted by atomic mass is 16.5. The Labute approximate surface area is 114 Å². The number of terminal acetylenes is 1. The number of rotatable bonds is 4. The van der Waals surface area contributed by atoms with Gasteiger partial charge in [-0.15, -0.1) is 12.8 Å². The molecule has 4 heteroatoms. The van der Waals surface area contributed by atoms with E-state index in [1.54, 1.807) is 12.3 Å². The average molecular weight is 255 g/mol. The van der Waals surface area contributed by atoms with Crippen molar-refractivity contribution in [3.63, 3.8) is 0 Å². The summed E-state index contributed by atoms with van der Waals surface area (Å²) in [4.78, 5) is 8.57. The Morgan fingerprint density at radius 1 is 1.47 bits per heavy atom. The summed E-state index contributed by atoms with van der Waals surface area (Å²) < 4.78 is 5.21. The Morgan fingerprint density at radius 3 is 2.58 bits per heavy atom. The third-order valence-corrected chi connectivity index (χ3v) is 2.10. The molecule has 1 aromatic rings. The molecule has 4 nitrogen and oxygen atoms in total. The highest BCUT2D eigenvalue weighted by Gasteiger charge is 2.11. The first-order valence-corrected chi connectivity index (χ1v) is 5.59. The minimum atomic E-state index is 0.248. The second kappa shape index (κ2) is 8.49. The molecule has 0 unspecified atom stereocenters. The van der Waals surface area contributed by atoms with Gasteiger partial charge in [-0.3, -0.25) is 0 Å². The Balaban J connectivity index is 0.00000154. The molecule has 0 saturated carbocycles. The minimum Gasteiger partial charge on any atom is -0.495 e. The van der Waals surface area contributed by atoms with Crippen LogP contribution in [-0.2, 0) is 11.3 Å². The summed E-state index contributed by atoms with van der Waals surface area (Å²) in [6, 6.07) is 2.03. The van der Waals surface area contributed by atoms with Gasteiger partial charge in [0.1, 0.15) is 18.4 Å². The van der Waals surface area contributed by atoms with Crippen molar-refractivity contribution >= 4 is 5.57 Å². The maximum Gasteiger partial charge on any atom is 0.166 e. The van der Waals surface area contributed by atoms with Crippen LogP contribution in [0.2, 0.25) is 0 Å². The van der Waals surface area contributed by atoms with Gasteiger partial charge < -0.3 is 4.74 Å². The SMILES string of the molecule is C#C.C=C(C)c1nc(C#N)c(CO/C=C\C)nc1C. The van der Waals surface area contributed by atoms with E-state index in [2.05, 4.69) is 29.4 Å². The lowest BCUT2D eigenvalue weighted by atomic mass is 10.2. The molecule has 19 heavy (non-hydrogen) atoms. The van der Waals surface area contributed by atoms with Gasteiger partial charge in [0.05, 0.1) is 17.6 Å². The zero-order valence-corrected chi connectivity index (χ0v) is 11.5. The lowest BCUT2D eigenvalue weighted by Crippen LogP contribution is -2.05. The van der Waals surface area contributed by atoms with E-state index in [0.717, 1.165) is 11.3 Å². The summed E-state index contributed by atoms with van der Waals surface area (Å²) in [5.41, 5.74) is 3.07.